The summed E-state index contributed by atoms with van der Waals surface area (Å²) in [7, 11) is 0. The lowest BCUT2D eigenvalue weighted by Crippen LogP contribution is -2.17. The Hall–Kier alpha value is -1.22. The van der Waals surface area contributed by atoms with Crippen molar-refractivity contribution in [1.29, 1.82) is 0 Å². The molecule has 0 radical (unpaired) electrons. The number of anilines is 2. The average molecular weight is 193 g/mol. The summed E-state index contributed by atoms with van der Waals surface area (Å²) in [5.74, 6) is 5.40. The van der Waals surface area contributed by atoms with Gasteiger partial charge >= 0.3 is 0 Å². The summed E-state index contributed by atoms with van der Waals surface area (Å²) < 4.78 is 0. The van der Waals surface area contributed by atoms with Crippen LogP contribution in [-0.4, -0.2) is 0 Å². The van der Waals surface area contributed by atoms with Crippen molar-refractivity contribution in [1.82, 2.24) is 0 Å². The first-order valence-electron chi connectivity index (χ1n) is 4.73. The Morgan fingerprint density at radius 3 is 2.21 bits per heavy atom. The summed E-state index contributed by atoms with van der Waals surface area (Å²) in [5.41, 5.74) is 12.5. The van der Waals surface area contributed by atoms with E-state index < -0.39 is 0 Å². The minimum absolute atomic E-state index is 0.0434. The van der Waals surface area contributed by atoms with Crippen LogP contribution in [0.5, 0.6) is 0 Å². The zero-order valence-corrected chi connectivity index (χ0v) is 9.31. The Bertz CT molecular complexity index is 337. The van der Waals surface area contributed by atoms with Gasteiger partial charge in [-0.15, -0.1) is 0 Å². The standard InChI is InChI=1S/C11H19N3/c1-7-5-8(11(2,3)4)10(12)9(6-7)14-13/h5-6,14H,12-13H2,1-4H3. The summed E-state index contributed by atoms with van der Waals surface area (Å²) in [6.45, 7) is 8.45. The van der Waals surface area contributed by atoms with Crippen molar-refractivity contribution < 1.29 is 0 Å². The third kappa shape index (κ3) is 1.99. The van der Waals surface area contributed by atoms with E-state index in [0.717, 1.165) is 22.5 Å². The van der Waals surface area contributed by atoms with Gasteiger partial charge in [-0.05, 0) is 29.5 Å². The van der Waals surface area contributed by atoms with Crippen molar-refractivity contribution in [3.8, 4) is 0 Å². The molecule has 0 bridgehead atoms. The number of nitrogens with one attached hydrogen (secondary N) is 1. The number of hydrogen-bond acceptors (Lipinski definition) is 3. The van der Waals surface area contributed by atoms with Gasteiger partial charge in [-0.3, -0.25) is 5.84 Å². The second kappa shape index (κ2) is 3.50. The maximum absolute atomic E-state index is 6.01. The molecule has 1 aromatic carbocycles. The van der Waals surface area contributed by atoms with E-state index in [0.29, 0.717) is 0 Å². The van der Waals surface area contributed by atoms with Gasteiger partial charge in [0.1, 0.15) is 0 Å². The molecule has 0 aromatic heterocycles. The minimum atomic E-state index is 0.0434. The molecule has 0 saturated heterocycles. The van der Waals surface area contributed by atoms with Crippen molar-refractivity contribution in [2.75, 3.05) is 11.2 Å². The molecule has 0 aliphatic heterocycles. The van der Waals surface area contributed by atoms with Crippen molar-refractivity contribution in [3.63, 3.8) is 0 Å². The molecule has 0 unspecified atom stereocenters. The fourth-order valence-corrected chi connectivity index (χ4v) is 1.54. The fraction of sp³-hybridized carbons (Fsp3) is 0.455. The van der Waals surface area contributed by atoms with Crippen molar-refractivity contribution >= 4 is 11.4 Å². The highest BCUT2D eigenvalue weighted by Gasteiger charge is 2.18. The topological polar surface area (TPSA) is 64.1 Å². The molecule has 3 nitrogen and oxygen atoms in total. The van der Waals surface area contributed by atoms with Crippen LogP contribution in [0.3, 0.4) is 0 Å². The Morgan fingerprint density at radius 1 is 1.21 bits per heavy atom. The number of hydrazine groups is 1. The predicted octanol–water partition coefficient (Wildman–Crippen LogP) is 2.16. The molecule has 78 valence electrons. The van der Waals surface area contributed by atoms with Crippen LogP contribution in [0.25, 0.3) is 0 Å². The van der Waals surface area contributed by atoms with Gasteiger partial charge in [-0.2, -0.15) is 0 Å². The summed E-state index contributed by atoms with van der Waals surface area (Å²) in [6.07, 6.45) is 0. The van der Waals surface area contributed by atoms with Gasteiger partial charge in [0.05, 0.1) is 11.4 Å². The normalized spacial score (nSPS) is 11.5. The summed E-state index contributed by atoms with van der Waals surface area (Å²) in [4.78, 5) is 0. The van der Waals surface area contributed by atoms with Gasteiger partial charge in [0, 0.05) is 0 Å². The van der Waals surface area contributed by atoms with Crippen LogP contribution < -0.4 is 17.0 Å². The van der Waals surface area contributed by atoms with E-state index in [9.17, 15) is 0 Å². The first-order chi connectivity index (χ1) is 6.36. The molecule has 3 heteroatoms. The third-order valence-electron chi connectivity index (χ3n) is 2.29. The molecule has 0 fully saturated rings. The second-order valence-corrected chi connectivity index (χ2v) is 4.67. The van der Waals surface area contributed by atoms with Crippen molar-refractivity contribution in [3.05, 3.63) is 23.3 Å². The Balaban J connectivity index is 3.37. The molecule has 0 aliphatic rings. The van der Waals surface area contributed by atoms with Crippen molar-refractivity contribution in [2.24, 2.45) is 5.84 Å². The van der Waals surface area contributed by atoms with Gasteiger partial charge < -0.3 is 11.2 Å². The summed E-state index contributed by atoms with van der Waals surface area (Å²) in [6, 6.07) is 4.06. The minimum Gasteiger partial charge on any atom is -0.397 e. The Labute approximate surface area is 85.5 Å². The van der Waals surface area contributed by atoms with Crippen molar-refractivity contribution in [2.45, 2.75) is 33.1 Å². The molecule has 0 heterocycles. The maximum atomic E-state index is 6.01. The molecule has 0 atom stereocenters. The van der Waals surface area contributed by atoms with E-state index in [2.05, 4.69) is 32.3 Å². The summed E-state index contributed by atoms with van der Waals surface area (Å²) in [5, 5.41) is 0. The number of nitrogen functional groups attached to an aromatic ring is 2. The third-order valence-corrected chi connectivity index (χ3v) is 2.29. The largest absolute Gasteiger partial charge is 0.397 e. The molecule has 5 N–H and O–H groups in total. The van der Waals surface area contributed by atoms with Crippen LogP contribution in [0.4, 0.5) is 11.4 Å². The average Bonchev–Trinajstić information content (AvgIpc) is 2.06. The zero-order chi connectivity index (χ0) is 10.9. The highest BCUT2D eigenvalue weighted by atomic mass is 15.2. The van der Waals surface area contributed by atoms with E-state index in [1.807, 2.05) is 13.0 Å². The lowest BCUT2D eigenvalue weighted by molar-refractivity contribution is 0.592. The van der Waals surface area contributed by atoms with Crippen LogP contribution >= 0.6 is 0 Å². The second-order valence-electron chi connectivity index (χ2n) is 4.67. The summed E-state index contributed by atoms with van der Waals surface area (Å²) >= 11 is 0. The van der Waals surface area contributed by atoms with E-state index in [4.69, 9.17) is 11.6 Å². The lowest BCUT2D eigenvalue weighted by atomic mass is 9.84. The number of hydrogen-bond donors (Lipinski definition) is 3. The van der Waals surface area contributed by atoms with Gasteiger partial charge in [0.25, 0.3) is 0 Å². The SMILES string of the molecule is Cc1cc(NN)c(N)c(C(C)(C)C)c1. The molecule has 1 rings (SSSR count). The molecule has 0 amide bonds. The quantitative estimate of drug-likeness (QED) is 0.364. The first-order valence-corrected chi connectivity index (χ1v) is 4.73. The number of aryl methyl sites for hydroxylation is 1. The smallest absolute Gasteiger partial charge is 0.0721 e. The zero-order valence-electron chi connectivity index (χ0n) is 9.31. The fourth-order valence-electron chi connectivity index (χ4n) is 1.54. The van der Waals surface area contributed by atoms with Gasteiger partial charge in [-0.1, -0.05) is 26.8 Å². The Morgan fingerprint density at radius 2 is 1.79 bits per heavy atom. The molecule has 0 aliphatic carbocycles. The maximum Gasteiger partial charge on any atom is 0.0721 e. The van der Waals surface area contributed by atoms with Crippen LogP contribution in [0.2, 0.25) is 0 Å². The molecule has 1 aromatic rings. The number of rotatable bonds is 1. The molecular formula is C11H19N3. The Kier molecular flexibility index (Phi) is 2.71. The van der Waals surface area contributed by atoms with E-state index in [1.165, 1.54) is 0 Å². The van der Waals surface area contributed by atoms with Crippen LogP contribution in [-0.2, 0) is 5.41 Å². The van der Waals surface area contributed by atoms with Crippen LogP contribution in [0.1, 0.15) is 31.9 Å². The van der Waals surface area contributed by atoms with Gasteiger partial charge in [0.2, 0.25) is 0 Å². The van der Waals surface area contributed by atoms with Gasteiger partial charge in [0.15, 0.2) is 0 Å². The van der Waals surface area contributed by atoms with Crippen LogP contribution in [0.15, 0.2) is 12.1 Å². The molecule has 14 heavy (non-hydrogen) atoms. The van der Waals surface area contributed by atoms with E-state index in [-0.39, 0.29) is 5.41 Å². The predicted molar refractivity (Wildman–Crippen MR) is 62.1 cm³/mol. The first kappa shape index (κ1) is 10.9. The lowest BCUT2D eigenvalue weighted by Gasteiger charge is -2.23. The number of nitrogens with two attached hydrogens (primary N) is 2. The van der Waals surface area contributed by atoms with E-state index in [1.54, 1.807) is 0 Å². The highest BCUT2D eigenvalue weighted by Crippen LogP contribution is 2.33. The highest BCUT2D eigenvalue weighted by molar-refractivity contribution is 5.71. The number of benzene rings is 1. The molecule has 0 saturated carbocycles. The van der Waals surface area contributed by atoms with E-state index >= 15 is 0 Å². The monoisotopic (exact) mass is 193 g/mol. The molecular weight excluding hydrogens is 174 g/mol. The van der Waals surface area contributed by atoms with Gasteiger partial charge in [-0.25, -0.2) is 0 Å². The molecule has 0 spiro atoms. The van der Waals surface area contributed by atoms with Crippen LogP contribution in [0, 0.1) is 6.92 Å².